The molecule has 0 atom stereocenters. The van der Waals surface area contributed by atoms with Gasteiger partial charge in [0.2, 0.25) is 0 Å². The molecule has 0 saturated heterocycles. The molecule has 13 aromatic rings. The second kappa shape index (κ2) is 17.4. The fraction of sp³-hybridized carbons (Fsp3) is 0.0141. The maximum absolute atomic E-state index is 2.45. The van der Waals surface area contributed by atoms with Crippen molar-refractivity contribution in [3.63, 3.8) is 0 Å². The summed E-state index contributed by atoms with van der Waals surface area (Å²) in [6.45, 7) is 0. The van der Waals surface area contributed by atoms with Crippen molar-refractivity contribution in [2.75, 3.05) is 4.90 Å². The Hall–Kier alpha value is -9.50. The molecule has 1 aliphatic carbocycles. The summed E-state index contributed by atoms with van der Waals surface area (Å²) in [4.78, 5) is 2.39. The molecule has 0 aliphatic heterocycles. The normalized spacial score (nSPS) is 12.5. The summed E-state index contributed by atoms with van der Waals surface area (Å²) in [5.41, 5.74) is 21.1. The van der Waals surface area contributed by atoms with Crippen molar-refractivity contribution in [3.05, 3.63) is 313 Å². The molecule has 0 radical (unpaired) electrons. The Morgan fingerprint density at radius 2 is 0.767 bits per heavy atom. The van der Waals surface area contributed by atoms with E-state index in [1.54, 1.807) is 0 Å². The Morgan fingerprint density at radius 1 is 0.274 bits per heavy atom. The third kappa shape index (κ3) is 7.02. The van der Waals surface area contributed by atoms with E-state index in [0.29, 0.717) is 0 Å². The first kappa shape index (κ1) is 42.4. The van der Waals surface area contributed by atoms with Crippen LogP contribution in [-0.2, 0) is 5.41 Å². The lowest BCUT2D eigenvalue weighted by Crippen LogP contribution is -2.28. The highest BCUT2D eigenvalue weighted by atomic mass is 15.1. The third-order valence-corrected chi connectivity index (χ3v) is 15.2. The van der Waals surface area contributed by atoms with Crippen LogP contribution in [0.1, 0.15) is 22.3 Å². The standard InChI is InChI=1S/C71H48N2/c1-3-21-57(22-4-1)71(58-23-5-2-6-24-58)67-30-12-9-27-63(67)64-44-39-56(47-68(64)71)51-37-42-60(43-38-51)72(61-25-16-26-62(48-61)73-69-31-13-10-28-65(69)66-29-11-14-32-70(66)73)59-40-35-50(36-41-59)53-19-15-20-54(45-53)55-34-33-49-17-7-8-18-52(49)46-55/h1-48H. The third-order valence-electron chi connectivity index (χ3n) is 15.2. The van der Waals surface area contributed by atoms with Crippen molar-refractivity contribution in [2.45, 2.75) is 5.41 Å². The van der Waals surface area contributed by atoms with Crippen LogP contribution < -0.4 is 4.90 Å². The zero-order chi connectivity index (χ0) is 48.3. The first-order chi connectivity index (χ1) is 36.2. The van der Waals surface area contributed by atoms with Crippen LogP contribution in [0, 0.1) is 0 Å². The van der Waals surface area contributed by atoms with Crippen LogP contribution in [0.15, 0.2) is 291 Å². The van der Waals surface area contributed by atoms with Crippen LogP contribution in [-0.4, -0.2) is 4.57 Å². The molecular formula is C71H48N2. The number of hydrogen-bond donors (Lipinski definition) is 0. The summed E-state index contributed by atoms with van der Waals surface area (Å²) in [6, 6.07) is 107. The minimum atomic E-state index is -0.466. The van der Waals surface area contributed by atoms with Crippen molar-refractivity contribution in [3.8, 4) is 50.2 Å². The molecule has 2 nitrogen and oxygen atoms in total. The summed E-state index contributed by atoms with van der Waals surface area (Å²) < 4.78 is 2.40. The molecule has 0 spiro atoms. The summed E-state index contributed by atoms with van der Waals surface area (Å²) >= 11 is 0. The quantitative estimate of drug-likeness (QED) is 0.140. The highest BCUT2D eigenvalue weighted by molar-refractivity contribution is 6.09. The van der Waals surface area contributed by atoms with Gasteiger partial charge in [0.15, 0.2) is 0 Å². The van der Waals surface area contributed by atoms with Crippen molar-refractivity contribution < 1.29 is 0 Å². The van der Waals surface area contributed by atoms with Gasteiger partial charge in [-0.25, -0.2) is 0 Å². The largest absolute Gasteiger partial charge is 0.310 e. The topological polar surface area (TPSA) is 8.17 Å². The predicted molar refractivity (Wildman–Crippen MR) is 307 cm³/mol. The molecule has 14 rings (SSSR count). The molecule has 1 heterocycles. The number of nitrogens with zero attached hydrogens (tertiary/aromatic N) is 2. The molecule has 0 N–H and O–H groups in total. The van der Waals surface area contributed by atoms with Crippen LogP contribution in [0.2, 0.25) is 0 Å². The molecule has 0 bridgehead atoms. The average molecular weight is 929 g/mol. The van der Waals surface area contributed by atoms with Gasteiger partial charge in [-0.2, -0.15) is 0 Å². The Bertz CT molecular complexity index is 4090. The van der Waals surface area contributed by atoms with Crippen LogP contribution in [0.25, 0.3) is 82.8 Å². The maximum atomic E-state index is 2.45. The van der Waals surface area contributed by atoms with Gasteiger partial charge < -0.3 is 9.47 Å². The Balaban J connectivity index is 0.879. The van der Waals surface area contributed by atoms with E-state index in [0.717, 1.165) is 28.3 Å². The fourth-order valence-electron chi connectivity index (χ4n) is 11.9. The number of aromatic nitrogens is 1. The molecule has 73 heavy (non-hydrogen) atoms. The van der Waals surface area contributed by atoms with Gasteiger partial charge in [0, 0.05) is 33.5 Å². The predicted octanol–water partition coefficient (Wildman–Crippen LogP) is 18.8. The number of benzene rings is 12. The van der Waals surface area contributed by atoms with Gasteiger partial charge >= 0.3 is 0 Å². The lowest BCUT2D eigenvalue weighted by Gasteiger charge is -2.34. The van der Waals surface area contributed by atoms with E-state index in [-0.39, 0.29) is 0 Å². The van der Waals surface area contributed by atoms with Gasteiger partial charge in [0.25, 0.3) is 0 Å². The van der Waals surface area contributed by atoms with Gasteiger partial charge in [-0.1, -0.05) is 218 Å². The smallest absolute Gasteiger partial charge is 0.0713 e. The molecule has 0 saturated carbocycles. The Kier molecular flexibility index (Phi) is 10.1. The summed E-state index contributed by atoms with van der Waals surface area (Å²) in [5.74, 6) is 0. The van der Waals surface area contributed by atoms with E-state index < -0.39 is 5.41 Å². The zero-order valence-corrected chi connectivity index (χ0v) is 40.1. The number of para-hydroxylation sites is 2. The van der Waals surface area contributed by atoms with Crippen LogP contribution in [0.4, 0.5) is 17.1 Å². The lowest BCUT2D eigenvalue weighted by atomic mass is 9.67. The van der Waals surface area contributed by atoms with Gasteiger partial charge in [-0.05, 0) is 150 Å². The van der Waals surface area contributed by atoms with Crippen LogP contribution in [0.5, 0.6) is 0 Å². The molecule has 342 valence electrons. The first-order valence-electron chi connectivity index (χ1n) is 25.2. The lowest BCUT2D eigenvalue weighted by molar-refractivity contribution is 0.769. The summed E-state index contributed by atoms with van der Waals surface area (Å²) in [5, 5.41) is 4.99. The monoisotopic (exact) mass is 928 g/mol. The van der Waals surface area contributed by atoms with E-state index in [4.69, 9.17) is 0 Å². The molecule has 1 aliphatic rings. The van der Waals surface area contributed by atoms with E-state index in [1.165, 1.54) is 93.8 Å². The molecule has 12 aromatic carbocycles. The minimum absolute atomic E-state index is 0.466. The Morgan fingerprint density at radius 3 is 1.44 bits per heavy atom. The number of anilines is 3. The molecule has 0 unspecified atom stereocenters. The molecular weight excluding hydrogens is 881 g/mol. The molecule has 2 heteroatoms. The van der Waals surface area contributed by atoms with Crippen molar-refractivity contribution in [1.82, 2.24) is 4.57 Å². The van der Waals surface area contributed by atoms with E-state index in [1.807, 2.05) is 0 Å². The number of rotatable bonds is 9. The fourth-order valence-corrected chi connectivity index (χ4v) is 11.9. The van der Waals surface area contributed by atoms with E-state index >= 15 is 0 Å². The van der Waals surface area contributed by atoms with Crippen LogP contribution >= 0.6 is 0 Å². The Labute approximate surface area is 426 Å². The highest BCUT2D eigenvalue weighted by Gasteiger charge is 2.46. The molecule has 0 fully saturated rings. The zero-order valence-electron chi connectivity index (χ0n) is 40.1. The number of hydrogen-bond acceptors (Lipinski definition) is 1. The molecule has 1 aromatic heterocycles. The minimum Gasteiger partial charge on any atom is -0.310 e. The van der Waals surface area contributed by atoms with Crippen LogP contribution in [0.3, 0.4) is 0 Å². The van der Waals surface area contributed by atoms with Crippen molar-refractivity contribution >= 4 is 49.6 Å². The van der Waals surface area contributed by atoms with Gasteiger partial charge in [0.1, 0.15) is 0 Å². The van der Waals surface area contributed by atoms with Gasteiger partial charge in [-0.3, -0.25) is 0 Å². The summed E-state index contributed by atoms with van der Waals surface area (Å²) in [6.07, 6.45) is 0. The van der Waals surface area contributed by atoms with Gasteiger partial charge in [0.05, 0.1) is 16.4 Å². The van der Waals surface area contributed by atoms with Gasteiger partial charge in [-0.15, -0.1) is 0 Å². The average Bonchev–Trinajstić information content (AvgIpc) is 3.97. The second-order valence-electron chi connectivity index (χ2n) is 19.2. The van der Waals surface area contributed by atoms with Crippen molar-refractivity contribution in [1.29, 1.82) is 0 Å². The van der Waals surface area contributed by atoms with Crippen molar-refractivity contribution in [2.24, 2.45) is 0 Å². The second-order valence-corrected chi connectivity index (χ2v) is 19.2. The number of fused-ring (bicyclic) bond motifs is 7. The maximum Gasteiger partial charge on any atom is 0.0713 e. The first-order valence-corrected chi connectivity index (χ1v) is 25.2. The highest BCUT2D eigenvalue weighted by Crippen LogP contribution is 2.57. The van der Waals surface area contributed by atoms with E-state index in [2.05, 4.69) is 301 Å². The summed E-state index contributed by atoms with van der Waals surface area (Å²) in [7, 11) is 0. The molecule has 0 amide bonds. The SMILES string of the molecule is c1ccc(C2(c3ccccc3)c3ccccc3-c3ccc(-c4ccc(N(c5ccc(-c6cccc(-c7ccc8ccccc8c7)c6)cc5)c5cccc(-n6c7ccccc7c7ccccc76)c5)cc4)cc32)cc1. The van der Waals surface area contributed by atoms with E-state index in [9.17, 15) is 0 Å².